The van der Waals surface area contributed by atoms with Gasteiger partial charge >= 0.3 is 5.69 Å². The fraction of sp³-hybridized carbons (Fsp3) is 0.421. The van der Waals surface area contributed by atoms with Gasteiger partial charge in [0.15, 0.2) is 12.3 Å². The van der Waals surface area contributed by atoms with E-state index in [0.29, 0.717) is 30.2 Å². The molecule has 0 aliphatic carbocycles. The number of unbranched alkanes of at least 4 members (excludes halogenated alkanes) is 1. The van der Waals surface area contributed by atoms with Gasteiger partial charge in [0, 0.05) is 18.1 Å². The van der Waals surface area contributed by atoms with Gasteiger partial charge in [-0.15, -0.1) is 0 Å². The Labute approximate surface area is 167 Å². The number of carbonyl (C=O) groups excluding carboxylic acids is 1. The normalized spacial score (nSPS) is 10.7. The molecule has 0 saturated carbocycles. The zero-order chi connectivity index (χ0) is 20.7. The number of benzene rings is 1. The Hall–Kier alpha value is -2.74. The van der Waals surface area contributed by atoms with E-state index in [1.165, 1.54) is 9.47 Å². The molecule has 0 bridgehead atoms. The van der Waals surface area contributed by atoms with Gasteiger partial charge in [0.05, 0.1) is 0 Å². The Morgan fingerprint density at radius 2 is 1.89 bits per heavy atom. The van der Waals surface area contributed by atoms with Crippen molar-refractivity contribution in [2.75, 3.05) is 23.8 Å². The third-order valence-corrected chi connectivity index (χ3v) is 4.40. The lowest BCUT2D eigenvalue weighted by Crippen LogP contribution is -2.43. The number of nitrogens with zero attached hydrogens (tertiary/aromatic N) is 2. The molecule has 0 aliphatic heterocycles. The third-order valence-electron chi connectivity index (χ3n) is 4.14. The molecule has 152 valence electrons. The molecular formula is C19H25ClN4O4. The smallest absolute Gasteiger partial charge is 0.330 e. The quantitative estimate of drug-likeness (QED) is 0.661. The first-order chi connectivity index (χ1) is 13.4. The van der Waals surface area contributed by atoms with Crippen LogP contribution in [0.4, 0.5) is 11.5 Å². The Balaban J connectivity index is 2.33. The summed E-state index contributed by atoms with van der Waals surface area (Å²) in [5, 5.41) is 0.556. The number of rotatable bonds is 9. The van der Waals surface area contributed by atoms with E-state index >= 15 is 0 Å². The van der Waals surface area contributed by atoms with Crippen LogP contribution in [0.2, 0.25) is 5.02 Å². The van der Waals surface area contributed by atoms with E-state index in [1.54, 1.807) is 24.3 Å². The monoisotopic (exact) mass is 408 g/mol. The van der Waals surface area contributed by atoms with E-state index in [4.69, 9.17) is 22.1 Å². The highest BCUT2D eigenvalue weighted by atomic mass is 35.5. The number of amides is 1. The first kappa shape index (κ1) is 21.6. The zero-order valence-corrected chi connectivity index (χ0v) is 16.8. The summed E-state index contributed by atoms with van der Waals surface area (Å²) >= 11 is 5.84. The van der Waals surface area contributed by atoms with Gasteiger partial charge in [0.1, 0.15) is 11.6 Å². The van der Waals surface area contributed by atoms with Crippen molar-refractivity contribution in [2.24, 2.45) is 0 Å². The minimum absolute atomic E-state index is 0.0217. The Morgan fingerprint density at radius 3 is 2.50 bits per heavy atom. The average Bonchev–Trinajstić information content (AvgIpc) is 2.66. The molecule has 2 rings (SSSR count). The molecule has 0 saturated heterocycles. The van der Waals surface area contributed by atoms with Gasteiger partial charge in [-0.05, 0) is 37.1 Å². The van der Waals surface area contributed by atoms with E-state index in [1.807, 2.05) is 13.8 Å². The summed E-state index contributed by atoms with van der Waals surface area (Å²) in [6.07, 6.45) is 2.13. The Bertz CT molecular complexity index is 921. The molecule has 0 aliphatic rings. The lowest BCUT2D eigenvalue weighted by Gasteiger charge is -2.24. The fourth-order valence-corrected chi connectivity index (χ4v) is 2.84. The number of nitrogens with two attached hydrogens (primary N) is 1. The van der Waals surface area contributed by atoms with Crippen LogP contribution in [0.25, 0.3) is 0 Å². The van der Waals surface area contributed by atoms with Crippen molar-refractivity contribution in [1.82, 2.24) is 9.55 Å². The summed E-state index contributed by atoms with van der Waals surface area (Å²) in [5.41, 5.74) is 4.80. The van der Waals surface area contributed by atoms with Crippen LogP contribution in [0.15, 0.2) is 33.9 Å². The lowest BCUT2D eigenvalue weighted by atomic mass is 10.2. The van der Waals surface area contributed by atoms with Crippen molar-refractivity contribution < 1.29 is 9.53 Å². The molecule has 0 atom stereocenters. The maximum atomic E-state index is 12.8. The number of aromatic nitrogens is 2. The molecule has 28 heavy (non-hydrogen) atoms. The molecule has 0 spiro atoms. The molecule has 8 nitrogen and oxygen atoms in total. The third kappa shape index (κ3) is 5.16. The number of aromatic amines is 1. The van der Waals surface area contributed by atoms with Crippen molar-refractivity contribution in [2.45, 2.75) is 39.7 Å². The number of hydrogen-bond donors (Lipinski definition) is 2. The first-order valence-corrected chi connectivity index (χ1v) is 9.58. The maximum absolute atomic E-state index is 12.8. The van der Waals surface area contributed by atoms with Crippen LogP contribution >= 0.6 is 11.6 Å². The Kier molecular flexibility index (Phi) is 7.69. The SMILES string of the molecule is CCCCN(C(=O)COc1ccc(Cl)cc1)c1c(N)n(CCC)c(=O)[nH]c1=O. The van der Waals surface area contributed by atoms with E-state index in [0.717, 1.165) is 6.42 Å². The molecule has 9 heteroatoms. The van der Waals surface area contributed by atoms with Crippen LogP contribution < -0.4 is 26.6 Å². The van der Waals surface area contributed by atoms with Crippen LogP contribution in [0, 0.1) is 0 Å². The Morgan fingerprint density at radius 1 is 1.21 bits per heavy atom. The second kappa shape index (κ2) is 9.98. The summed E-state index contributed by atoms with van der Waals surface area (Å²) in [6.45, 7) is 4.20. The summed E-state index contributed by atoms with van der Waals surface area (Å²) in [5.74, 6) is 0.0277. The summed E-state index contributed by atoms with van der Waals surface area (Å²) < 4.78 is 6.78. The molecule has 2 aromatic rings. The highest BCUT2D eigenvalue weighted by Gasteiger charge is 2.24. The van der Waals surface area contributed by atoms with Gasteiger partial charge in [0.25, 0.3) is 11.5 Å². The number of carbonyl (C=O) groups is 1. The van der Waals surface area contributed by atoms with Gasteiger partial charge in [-0.25, -0.2) is 4.79 Å². The molecule has 1 aromatic carbocycles. The maximum Gasteiger partial charge on any atom is 0.330 e. The van der Waals surface area contributed by atoms with Crippen LogP contribution in [0.5, 0.6) is 5.75 Å². The highest BCUT2D eigenvalue weighted by molar-refractivity contribution is 6.30. The van der Waals surface area contributed by atoms with E-state index in [9.17, 15) is 14.4 Å². The van der Waals surface area contributed by atoms with Crippen LogP contribution in [-0.2, 0) is 11.3 Å². The minimum atomic E-state index is -0.689. The van der Waals surface area contributed by atoms with Gasteiger partial charge in [-0.1, -0.05) is 31.9 Å². The van der Waals surface area contributed by atoms with Crippen molar-refractivity contribution in [3.05, 3.63) is 50.1 Å². The van der Waals surface area contributed by atoms with Crippen molar-refractivity contribution in [1.29, 1.82) is 0 Å². The predicted octanol–water partition coefficient (Wildman–Crippen LogP) is 2.39. The summed E-state index contributed by atoms with van der Waals surface area (Å²) in [4.78, 5) is 40.8. The van der Waals surface area contributed by atoms with Gasteiger partial charge in [-0.3, -0.25) is 19.1 Å². The molecule has 1 heterocycles. The topological polar surface area (TPSA) is 110 Å². The van der Waals surface area contributed by atoms with E-state index in [2.05, 4.69) is 4.98 Å². The van der Waals surface area contributed by atoms with Crippen molar-refractivity contribution >= 4 is 29.0 Å². The number of nitrogens with one attached hydrogen (secondary N) is 1. The van der Waals surface area contributed by atoms with E-state index < -0.39 is 17.2 Å². The van der Waals surface area contributed by atoms with Crippen LogP contribution in [-0.4, -0.2) is 28.6 Å². The molecular weight excluding hydrogens is 384 g/mol. The average molecular weight is 409 g/mol. The van der Waals surface area contributed by atoms with Gasteiger partial charge < -0.3 is 15.4 Å². The number of ether oxygens (including phenoxy) is 1. The summed E-state index contributed by atoms with van der Waals surface area (Å²) in [7, 11) is 0. The highest BCUT2D eigenvalue weighted by Crippen LogP contribution is 2.19. The van der Waals surface area contributed by atoms with E-state index in [-0.39, 0.29) is 24.7 Å². The largest absolute Gasteiger partial charge is 0.484 e. The number of halogens is 1. The number of H-pyrrole nitrogens is 1. The predicted molar refractivity (Wildman–Crippen MR) is 110 cm³/mol. The van der Waals surface area contributed by atoms with Crippen LogP contribution in [0.3, 0.4) is 0 Å². The standard InChI is InChI=1S/C19H25ClN4O4/c1-3-5-11-23(15(25)12-28-14-8-6-13(20)7-9-14)16-17(21)24(10-4-2)19(27)22-18(16)26/h6-9H,3-5,10-12,21H2,1-2H3,(H,22,26,27). The zero-order valence-electron chi connectivity index (χ0n) is 16.0. The second-order valence-corrected chi connectivity index (χ2v) is 6.72. The number of anilines is 2. The fourth-order valence-electron chi connectivity index (χ4n) is 2.72. The van der Waals surface area contributed by atoms with Gasteiger partial charge in [-0.2, -0.15) is 0 Å². The minimum Gasteiger partial charge on any atom is -0.484 e. The molecule has 3 N–H and O–H groups in total. The molecule has 0 radical (unpaired) electrons. The van der Waals surface area contributed by atoms with Crippen molar-refractivity contribution in [3.8, 4) is 5.75 Å². The summed E-state index contributed by atoms with van der Waals surface area (Å²) in [6, 6.07) is 6.60. The number of hydrogen-bond acceptors (Lipinski definition) is 5. The van der Waals surface area contributed by atoms with Crippen molar-refractivity contribution in [3.63, 3.8) is 0 Å². The second-order valence-electron chi connectivity index (χ2n) is 6.29. The van der Waals surface area contributed by atoms with Crippen LogP contribution in [0.1, 0.15) is 33.1 Å². The lowest BCUT2D eigenvalue weighted by molar-refractivity contribution is -0.120. The van der Waals surface area contributed by atoms with Gasteiger partial charge in [0.2, 0.25) is 0 Å². The molecule has 0 unspecified atom stereocenters. The molecule has 1 amide bonds. The number of nitrogen functional groups attached to an aromatic ring is 1. The molecule has 1 aromatic heterocycles. The molecule has 0 fully saturated rings. The first-order valence-electron chi connectivity index (χ1n) is 9.20.